The first-order valence-electron chi connectivity index (χ1n) is 10.1. The predicted octanol–water partition coefficient (Wildman–Crippen LogP) is 3.88. The number of fused-ring (bicyclic) bond motifs is 1. The fraction of sp³-hybridized carbons (Fsp3) is 0.125. The molecule has 0 aliphatic carbocycles. The van der Waals surface area contributed by atoms with Gasteiger partial charge in [0.1, 0.15) is 18.5 Å². The molecule has 3 aromatic heterocycles. The molecule has 0 radical (unpaired) electrons. The lowest BCUT2D eigenvalue weighted by Gasteiger charge is -2.10. The number of hydrogen-bond donors (Lipinski definition) is 1. The molecule has 0 spiro atoms. The van der Waals surface area contributed by atoms with Gasteiger partial charge in [-0.25, -0.2) is 9.97 Å². The van der Waals surface area contributed by atoms with E-state index in [0.29, 0.717) is 32.9 Å². The minimum atomic E-state index is -0.233. The van der Waals surface area contributed by atoms with Gasteiger partial charge in [-0.3, -0.25) is 14.6 Å². The van der Waals surface area contributed by atoms with Crippen molar-refractivity contribution in [2.45, 2.75) is 6.54 Å². The fourth-order valence-corrected chi connectivity index (χ4v) is 3.35. The first-order chi connectivity index (χ1) is 15.9. The van der Waals surface area contributed by atoms with Gasteiger partial charge < -0.3 is 14.8 Å². The molecule has 0 fully saturated rings. The summed E-state index contributed by atoms with van der Waals surface area (Å²) < 4.78 is 1.66. The lowest BCUT2D eigenvalue weighted by Crippen LogP contribution is -2.26. The van der Waals surface area contributed by atoms with Gasteiger partial charge >= 0.3 is 0 Å². The summed E-state index contributed by atoms with van der Waals surface area (Å²) in [7, 11) is 3.36. The molecule has 0 saturated carbocycles. The van der Waals surface area contributed by atoms with E-state index in [1.54, 1.807) is 49.5 Å². The number of amides is 1. The average Bonchev–Trinajstić information content (AvgIpc) is 3.18. The van der Waals surface area contributed by atoms with Crippen molar-refractivity contribution < 1.29 is 9.59 Å². The Labute approximate surface area is 195 Å². The van der Waals surface area contributed by atoms with E-state index in [4.69, 9.17) is 11.6 Å². The number of carbonyl (C=O) groups is 2. The highest BCUT2D eigenvalue weighted by Gasteiger charge is 2.20. The largest absolute Gasteiger partial charge is 0.360 e. The molecule has 1 aromatic carbocycles. The summed E-state index contributed by atoms with van der Waals surface area (Å²) in [5, 5.41) is 4.38. The molecule has 0 saturated heterocycles. The van der Waals surface area contributed by atoms with E-state index < -0.39 is 0 Å². The Morgan fingerprint density at radius 3 is 2.67 bits per heavy atom. The van der Waals surface area contributed by atoms with Crippen LogP contribution < -0.4 is 5.32 Å². The van der Waals surface area contributed by atoms with Crippen LogP contribution in [0.2, 0.25) is 5.02 Å². The zero-order valence-corrected chi connectivity index (χ0v) is 18.8. The van der Waals surface area contributed by atoms with E-state index in [1.807, 2.05) is 30.3 Å². The first kappa shape index (κ1) is 22.2. The summed E-state index contributed by atoms with van der Waals surface area (Å²) >= 11 is 5.91. The monoisotopic (exact) mass is 460 g/mol. The second kappa shape index (κ2) is 9.62. The predicted molar refractivity (Wildman–Crippen MR) is 128 cm³/mol. The summed E-state index contributed by atoms with van der Waals surface area (Å²) in [6, 6.07) is 9.15. The molecular weight excluding hydrogens is 440 g/mol. The molecule has 33 heavy (non-hydrogen) atoms. The SMILES string of the molecule is CN(C)C(=O)Cn1cc(C(=O)c2cncc(NC=Cc3ccc(Cl)cc3)c2)c2cncnc21. The van der Waals surface area contributed by atoms with Gasteiger partial charge in [0.25, 0.3) is 0 Å². The van der Waals surface area contributed by atoms with Gasteiger partial charge in [0.2, 0.25) is 5.91 Å². The number of halogens is 1. The Morgan fingerprint density at radius 1 is 1.12 bits per heavy atom. The number of likely N-dealkylation sites (N-methyl/N-ethyl adjacent to an activating group) is 1. The highest BCUT2D eigenvalue weighted by molar-refractivity contribution is 6.30. The van der Waals surface area contributed by atoms with Gasteiger partial charge in [0.05, 0.1) is 17.4 Å². The summed E-state index contributed by atoms with van der Waals surface area (Å²) in [5.74, 6) is -0.339. The van der Waals surface area contributed by atoms with Crippen molar-refractivity contribution in [3.63, 3.8) is 0 Å². The number of rotatable bonds is 7. The molecular formula is C24H21ClN6O2. The van der Waals surface area contributed by atoms with Gasteiger partial charge in [-0.05, 0) is 29.8 Å². The average molecular weight is 461 g/mol. The first-order valence-corrected chi connectivity index (χ1v) is 10.5. The molecule has 4 aromatic rings. The minimum Gasteiger partial charge on any atom is -0.360 e. The van der Waals surface area contributed by atoms with Crippen LogP contribution in [0.25, 0.3) is 17.1 Å². The molecule has 0 aliphatic heterocycles. The van der Waals surface area contributed by atoms with Crippen LogP contribution in [-0.4, -0.2) is 50.2 Å². The van der Waals surface area contributed by atoms with Crippen molar-refractivity contribution >= 4 is 46.1 Å². The Balaban J connectivity index is 1.58. The normalized spacial score (nSPS) is 11.1. The highest BCUT2D eigenvalue weighted by Crippen LogP contribution is 2.23. The van der Waals surface area contributed by atoms with Crippen LogP contribution in [0.1, 0.15) is 21.5 Å². The second-order valence-electron chi connectivity index (χ2n) is 7.54. The highest BCUT2D eigenvalue weighted by atomic mass is 35.5. The third-order valence-corrected chi connectivity index (χ3v) is 5.24. The maximum Gasteiger partial charge on any atom is 0.242 e. The molecule has 9 heteroatoms. The molecule has 3 heterocycles. The van der Waals surface area contributed by atoms with Crippen LogP contribution in [0, 0.1) is 0 Å². The topological polar surface area (TPSA) is 93.0 Å². The van der Waals surface area contributed by atoms with Crippen molar-refractivity contribution in [3.05, 3.63) is 89.4 Å². The number of benzene rings is 1. The minimum absolute atomic E-state index is 0.0726. The van der Waals surface area contributed by atoms with Crippen LogP contribution in [0.15, 0.2) is 67.6 Å². The third-order valence-electron chi connectivity index (χ3n) is 4.98. The number of anilines is 1. The van der Waals surface area contributed by atoms with Crippen molar-refractivity contribution in [1.82, 2.24) is 24.4 Å². The third kappa shape index (κ3) is 5.07. The molecule has 0 unspecified atom stereocenters. The number of carbonyl (C=O) groups excluding carboxylic acids is 2. The number of aromatic nitrogens is 4. The van der Waals surface area contributed by atoms with Crippen LogP contribution in [0.5, 0.6) is 0 Å². The molecule has 1 N–H and O–H groups in total. The van der Waals surface area contributed by atoms with E-state index in [1.165, 1.54) is 17.4 Å². The smallest absolute Gasteiger partial charge is 0.242 e. The van der Waals surface area contributed by atoms with Gasteiger partial charge in [-0.1, -0.05) is 23.7 Å². The zero-order chi connectivity index (χ0) is 23.4. The van der Waals surface area contributed by atoms with Gasteiger partial charge in [0.15, 0.2) is 5.78 Å². The van der Waals surface area contributed by atoms with Gasteiger partial charge in [-0.2, -0.15) is 0 Å². The number of ketones is 1. The number of nitrogens with zero attached hydrogens (tertiary/aromatic N) is 5. The standard InChI is InChI=1S/C24H21ClN6O2/c1-30(2)22(32)14-31-13-21(20-12-27-15-29-24(20)31)23(33)17-9-19(11-26-10-17)28-8-7-16-3-5-18(25)6-4-16/h3-13,15,28H,14H2,1-2H3. The lowest BCUT2D eigenvalue weighted by atomic mass is 10.1. The molecule has 4 rings (SSSR count). The fourth-order valence-electron chi connectivity index (χ4n) is 3.22. The summed E-state index contributed by atoms with van der Waals surface area (Å²) in [6.45, 7) is 0.0726. The molecule has 166 valence electrons. The van der Waals surface area contributed by atoms with Crippen molar-refractivity contribution in [1.29, 1.82) is 0 Å². The summed E-state index contributed by atoms with van der Waals surface area (Å²) in [6.07, 6.45) is 11.4. The van der Waals surface area contributed by atoms with E-state index in [-0.39, 0.29) is 18.2 Å². The summed E-state index contributed by atoms with van der Waals surface area (Å²) in [5.41, 5.74) is 2.98. The quantitative estimate of drug-likeness (QED) is 0.421. The Morgan fingerprint density at radius 2 is 1.91 bits per heavy atom. The maximum atomic E-state index is 13.3. The number of pyridine rings is 1. The maximum absolute atomic E-state index is 13.3. The van der Waals surface area contributed by atoms with E-state index in [0.717, 1.165) is 5.56 Å². The van der Waals surface area contributed by atoms with E-state index in [9.17, 15) is 9.59 Å². The van der Waals surface area contributed by atoms with Crippen LogP contribution in [0.3, 0.4) is 0 Å². The van der Waals surface area contributed by atoms with Gasteiger partial charge in [-0.15, -0.1) is 0 Å². The van der Waals surface area contributed by atoms with Crippen molar-refractivity contribution in [2.24, 2.45) is 0 Å². The van der Waals surface area contributed by atoms with Crippen LogP contribution >= 0.6 is 11.6 Å². The van der Waals surface area contributed by atoms with Crippen molar-refractivity contribution in [2.75, 3.05) is 19.4 Å². The Hall–Kier alpha value is -4.04. The second-order valence-corrected chi connectivity index (χ2v) is 7.98. The number of hydrogen-bond acceptors (Lipinski definition) is 6. The van der Waals surface area contributed by atoms with E-state index in [2.05, 4.69) is 20.3 Å². The van der Waals surface area contributed by atoms with Crippen LogP contribution in [0.4, 0.5) is 5.69 Å². The van der Waals surface area contributed by atoms with Crippen LogP contribution in [-0.2, 0) is 11.3 Å². The molecule has 0 atom stereocenters. The summed E-state index contributed by atoms with van der Waals surface area (Å²) in [4.78, 5) is 39.5. The van der Waals surface area contributed by atoms with E-state index >= 15 is 0 Å². The Kier molecular flexibility index (Phi) is 6.46. The zero-order valence-electron chi connectivity index (χ0n) is 18.1. The molecule has 1 amide bonds. The lowest BCUT2D eigenvalue weighted by molar-refractivity contribution is -0.129. The van der Waals surface area contributed by atoms with Gasteiger partial charge in [0, 0.05) is 54.9 Å². The molecule has 0 bridgehead atoms. The Bertz CT molecular complexity index is 1340. The number of nitrogens with one attached hydrogen (secondary N) is 1. The molecule has 8 nitrogen and oxygen atoms in total. The van der Waals surface area contributed by atoms with Crippen molar-refractivity contribution in [3.8, 4) is 0 Å². The molecule has 0 aliphatic rings.